The minimum absolute atomic E-state index is 0.256. The van der Waals surface area contributed by atoms with Crippen LogP contribution in [0.25, 0.3) is 11.3 Å². The standard InChI is InChI=1S/C14H18FN3/c1-3-14(16,4-2)13-17-9-12(18-13)10-6-5-7-11(15)8-10/h5-9H,3-4,16H2,1-2H3,(H,17,18). The second kappa shape index (κ2) is 4.90. The normalized spacial score (nSPS) is 11.8. The minimum Gasteiger partial charge on any atom is -0.340 e. The van der Waals surface area contributed by atoms with Gasteiger partial charge >= 0.3 is 0 Å². The van der Waals surface area contributed by atoms with E-state index in [1.807, 2.05) is 19.9 Å². The first-order chi connectivity index (χ1) is 8.59. The summed E-state index contributed by atoms with van der Waals surface area (Å²) in [6, 6.07) is 6.43. The minimum atomic E-state index is -0.439. The number of H-pyrrole nitrogens is 1. The number of halogens is 1. The zero-order valence-corrected chi connectivity index (χ0v) is 10.7. The maximum absolute atomic E-state index is 13.2. The molecule has 0 aliphatic rings. The fourth-order valence-electron chi connectivity index (χ4n) is 1.96. The molecule has 0 spiro atoms. The van der Waals surface area contributed by atoms with Crippen LogP contribution in [0.1, 0.15) is 32.5 Å². The molecule has 0 saturated heterocycles. The molecular formula is C14H18FN3. The average Bonchev–Trinajstić information content (AvgIpc) is 2.88. The van der Waals surface area contributed by atoms with Gasteiger partial charge in [-0.15, -0.1) is 0 Å². The Morgan fingerprint density at radius 1 is 1.33 bits per heavy atom. The van der Waals surface area contributed by atoms with E-state index < -0.39 is 5.54 Å². The van der Waals surface area contributed by atoms with E-state index in [-0.39, 0.29) is 5.82 Å². The van der Waals surface area contributed by atoms with Gasteiger partial charge in [0.15, 0.2) is 0 Å². The van der Waals surface area contributed by atoms with Crippen molar-refractivity contribution in [1.29, 1.82) is 0 Å². The zero-order valence-electron chi connectivity index (χ0n) is 10.7. The lowest BCUT2D eigenvalue weighted by Gasteiger charge is -2.23. The van der Waals surface area contributed by atoms with Gasteiger partial charge in [0, 0.05) is 5.56 Å². The highest BCUT2D eigenvalue weighted by molar-refractivity contribution is 5.58. The molecule has 4 heteroatoms. The number of aromatic amines is 1. The van der Waals surface area contributed by atoms with Crippen LogP contribution in [0.2, 0.25) is 0 Å². The molecule has 2 rings (SSSR count). The summed E-state index contributed by atoms with van der Waals surface area (Å²) in [6.45, 7) is 4.07. The number of nitrogens with two attached hydrogens (primary N) is 1. The number of hydrogen-bond donors (Lipinski definition) is 2. The summed E-state index contributed by atoms with van der Waals surface area (Å²) in [5.74, 6) is 0.500. The molecule has 0 bridgehead atoms. The number of hydrogen-bond acceptors (Lipinski definition) is 2. The molecule has 1 aromatic heterocycles. The van der Waals surface area contributed by atoms with Crippen LogP contribution in [0.15, 0.2) is 30.5 Å². The fraction of sp³-hybridized carbons (Fsp3) is 0.357. The molecule has 3 nitrogen and oxygen atoms in total. The third kappa shape index (κ3) is 2.29. The van der Waals surface area contributed by atoms with Crippen molar-refractivity contribution < 1.29 is 4.39 Å². The van der Waals surface area contributed by atoms with Gasteiger partial charge < -0.3 is 10.7 Å². The molecule has 1 aromatic carbocycles. The smallest absolute Gasteiger partial charge is 0.126 e. The second-order valence-electron chi connectivity index (χ2n) is 4.52. The number of nitrogens with one attached hydrogen (secondary N) is 1. The first-order valence-electron chi connectivity index (χ1n) is 6.19. The maximum atomic E-state index is 13.2. The first-order valence-corrected chi connectivity index (χ1v) is 6.19. The Bertz CT molecular complexity index is 529. The highest BCUT2D eigenvalue weighted by Crippen LogP contribution is 2.26. The lowest BCUT2D eigenvalue weighted by atomic mass is 9.93. The van der Waals surface area contributed by atoms with E-state index in [0.29, 0.717) is 0 Å². The number of aromatic nitrogens is 2. The molecular weight excluding hydrogens is 229 g/mol. The summed E-state index contributed by atoms with van der Waals surface area (Å²) in [5, 5.41) is 0. The van der Waals surface area contributed by atoms with Gasteiger partial charge in [-0.1, -0.05) is 26.0 Å². The monoisotopic (exact) mass is 247 g/mol. The van der Waals surface area contributed by atoms with Crippen LogP contribution in [0.3, 0.4) is 0 Å². The molecule has 18 heavy (non-hydrogen) atoms. The molecule has 1 heterocycles. The Kier molecular flexibility index (Phi) is 3.48. The van der Waals surface area contributed by atoms with Gasteiger partial charge in [-0.25, -0.2) is 9.37 Å². The van der Waals surface area contributed by atoms with Gasteiger partial charge in [0.25, 0.3) is 0 Å². The summed E-state index contributed by atoms with van der Waals surface area (Å²) in [7, 11) is 0. The van der Waals surface area contributed by atoms with E-state index in [2.05, 4.69) is 9.97 Å². The Labute approximate surface area is 106 Å². The summed E-state index contributed by atoms with van der Waals surface area (Å²) >= 11 is 0. The number of nitrogens with zero attached hydrogens (tertiary/aromatic N) is 1. The second-order valence-corrected chi connectivity index (χ2v) is 4.52. The molecule has 2 aromatic rings. The lowest BCUT2D eigenvalue weighted by molar-refractivity contribution is 0.391. The van der Waals surface area contributed by atoms with Crippen molar-refractivity contribution in [3.05, 3.63) is 42.1 Å². The molecule has 0 aliphatic carbocycles. The maximum Gasteiger partial charge on any atom is 0.126 e. The predicted molar refractivity (Wildman–Crippen MR) is 70.4 cm³/mol. The van der Waals surface area contributed by atoms with Crippen molar-refractivity contribution in [3.8, 4) is 11.3 Å². The quantitative estimate of drug-likeness (QED) is 0.871. The van der Waals surface area contributed by atoms with Gasteiger partial charge in [-0.2, -0.15) is 0 Å². The molecule has 0 radical (unpaired) electrons. The van der Waals surface area contributed by atoms with Gasteiger partial charge in [0.05, 0.1) is 17.4 Å². The fourth-order valence-corrected chi connectivity index (χ4v) is 1.96. The zero-order chi connectivity index (χ0) is 13.2. The van der Waals surface area contributed by atoms with E-state index in [0.717, 1.165) is 29.9 Å². The van der Waals surface area contributed by atoms with E-state index in [1.165, 1.54) is 12.1 Å². The van der Waals surface area contributed by atoms with Crippen LogP contribution in [0.4, 0.5) is 4.39 Å². The van der Waals surface area contributed by atoms with Gasteiger partial charge in [-0.3, -0.25) is 0 Å². The number of imidazole rings is 1. The Morgan fingerprint density at radius 2 is 2.06 bits per heavy atom. The van der Waals surface area contributed by atoms with Crippen LogP contribution in [0.5, 0.6) is 0 Å². The van der Waals surface area contributed by atoms with Crippen molar-refractivity contribution in [2.75, 3.05) is 0 Å². The average molecular weight is 247 g/mol. The summed E-state index contributed by atoms with van der Waals surface area (Å²) in [6.07, 6.45) is 3.32. The number of rotatable bonds is 4. The third-order valence-corrected chi connectivity index (χ3v) is 3.44. The summed E-state index contributed by atoms with van der Waals surface area (Å²) < 4.78 is 13.2. The van der Waals surface area contributed by atoms with Gasteiger partial charge in [0.1, 0.15) is 11.6 Å². The van der Waals surface area contributed by atoms with E-state index in [4.69, 9.17) is 5.73 Å². The molecule has 0 unspecified atom stereocenters. The predicted octanol–water partition coefficient (Wildman–Crippen LogP) is 3.19. The van der Waals surface area contributed by atoms with Crippen molar-refractivity contribution in [1.82, 2.24) is 9.97 Å². The van der Waals surface area contributed by atoms with Crippen molar-refractivity contribution in [3.63, 3.8) is 0 Å². The highest BCUT2D eigenvalue weighted by Gasteiger charge is 2.26. The van der Waals surface area contributed by atoms with Crippen molar-refractivity contribution in [2.24, 2.45) is 5.73 Å². The van der Waals surface area contributed by atoms with Gasteiger partial charge in [0.2, 0.25) is 0 Å². The Morgan fingerprint density at radius 3 is 2.67 bits per heavy atom. The Hall–Kier alpha value is -1.68. The van der Waals surface area contributed by atoms with Crippen LogP contribution in [-0.2, 0) is 5.54 Å². The molecule has 96 valence electrons. The lowest BCUT2D eigenvalue weighted by Crippen LogP contribution is -2.36. The summed E-state index contributed by atoms with van der Waals surface area (Å²) in [4.78, 5) is 7.53. The topological polar surface area (TPSA) is 54.7 Å². The molecule has 3 N–H and O–H groups in total. The summed E-state index contributed by atoms with van der Waals surface area (Å²) in [5.41, 5.74) is 7.41. The molecule has 0 atom stereocenters. The number of benzene rings is 1. The first kappa shape index (κ1) is 12.8. The van der Waals surface area contributed by atoms with Crippen LogP contribution >= 0.6 is 0 Å². The van der Waals surface area contributed by atoms with Gasteiger partial charge in [-0.05, 0) is 25.0 Å². The van der Waals surface area contributed by atoms with Crippen LogP contribution in [-0.4, -0.2) is 9.97 Å². The van der Waals surface area contributed by atoms with Crippen LogP contribution < -0.4 is 5.73 Å². The Balaban J connectivity index is 2.36. The van der Waals surface area contributed by atoms with Crippen LogP contribution in [0, 0.1) is 5.82 Å². The highest BCUT2D eigenvalue weighted by atomic mass is 19.1. The van der Waals surface area contributed by atoms with E-state index in [9.17, 15) is 4.39 Å². The van der Waals surface area contributed by atoms with E-state index in [1.54, 1.807) is 12.3 Å². The SMILES string of the molecule is CCC(N)(CC)c1ncc(-c2cccc(F)c2)[nH]1. The largest absolute Gasteiger partial charge is 0.340 e. The molecule has 0 fully saturated rings. The molecule has 0 aliphatic heterocycles. The van der Waals surface area contributed by atoms with Crippen molar-refractivity contribution >= 4 is 0 Å². The van der Waals surface area contributed by atoms with E-state index >= 15 is 0 Å². The molecule has 0 saturated carbocycles. The van der Waals surface area contributed by atoms with Crippen molar-refractivity contribution in [2.45, 2.75) is 32.2 Å². The third-order valence-electron chi connectivity index (χ3n) is 3.44. The molecule has 0 amide bonds.